The number of benzene rings is 2. The number of nitrogens with zero attached hydrogens (tertiary/aromatic N) is 1. The molecule has 148 valence electrons. The standard InChI is InChI=1S/C21H17FN2O4S/c1-13(25)17-7-2-3-8-18(17)24-19(26)11-28-20(27)10-16-12-29-21(23-16)14-5-4-6-15(22)9-14/h2-9,12H,10-11H2,1H3,(H,24,26). The van der Waals surface area contributed by atoms with E-state index in [0.717, 1.165) is 0 Å². The van der Waals surface area contributed by atoms with Crippen molar-refractivity contribution in [3.05, 3.63) is 71.0 Å². The summed E-state index contributed by atoms with van der Waals surface area (Å²) in [7, 11) is 0. The summed E-state index contributed by atoms with van der Waals surface area (Å²) in [4.78, 5) is 39.9. The largest absolute Gasteiger partial charge is 0.455 e. The van der Waals surface area contributed by atoms with Gasteiger partial charge in [0.25, 0.3) is 5.91 Å². The first kappa shape index (κ1) is 20.3. The molecule has 0 aliphatic heterocycles. The zero-order valence-corrected chi connectivity index (χ0v) is 16.3. The average molecular weight is 412 g/mol. The van der Waals surface area contributed by atoms with Crippen molar-refractivity contribution in [2.24, 2.45) is 0 Å². The molecular weight excluding hydrogens is 395 g/mol. The topological polar surface area (TPSA) is 85.4 Å². The fourth-order valence-electron chi connectivity index (χ4n) is 2.57. The molecule has 0 radical (unpaired) electrons. The van der Waals surface area contributed by atoms with E-state index in [9.17, 15) is 18.8 Å². The number of amides is 1. The van der Waals surface area contributed by atoms with Crippen LogP contribution in [-0.4, -0.2) is 29.3 Å². The lowest BCUT2D eigenvalue weighted by Crippen LogP contribution is -2.22. The number of halogens is 1. The number of nitrogens with one attached hydrogen (secondary N) is 1. The Kier molecular flexibility index (Phi) is 6.46. The number of thiazole rings is 1. The summed E-state index contributed by atoms with van der Waals surface area (Å²) in [5.74, 6) is -1.71. The molecule has 1 aromatic heterocycles. The lowest BCUT2D eigenvalue weighted by Gasteiger charge is -2.09. The predicted octanol–water partition coefficient (Wildman–Crippen LogP) is 3.88. The Morgan fingerprint density at radius 1 is 1.14 bits per heavy atom. The van der Waals surface area contributed by atoms with Crippen LogP contribution in [0, 0.1) is 5.82 Å². The molecule has 0 atom stereocenters. The average Bonchev–Trinajstić information content (AvgIpc) is 3.15. The van der Waals surface area contributed by atoms with Gasteiger partial charge in [-0.05, 0) is 31.2 Å². The van der Waals surface area contributed by atoms with Gasteiger partial charge in [-0.1, -0.05) is 24.3 Å². The van der Waals surface area contributed by atoms with Gasteiger partial charge >= 0.3 is 5.97 Å². The Hall–Kier alpha value is -3.39. The summed E-state index contributed by atoms with van der Waals surface area (Å²) >= 11 is 1.29. The number of aromatic nitrogens is 1. The predicted molar refractivity (Wildman–Crippen MR) is 107 cm³/mol. The van der Waals surface area contributed by atoms with E-state index in [2.05, 4.69) is 10.3 Å². The van der Waals surface area contributed by atoms with Crippen LogP contribution < -0.4 is 5.32 Å². The first-order chi connectivity index (χ1) is 13.9. The maximum atomic E-state index is 13.3. The van der Waals surface area contributed by atoms with Gasteiger partial charge in [0.2, 0.25) is 0 Å². The number of ketones is 1. The molecule has 3 rings (SSSR count). The van der Waals surface area contributed by atoms with E-state index in [-0.39, 0.29) is 18.0 Å². The second-order valence-corrected chi connectivity index (χ2v) is 7.00. The second kappa shape index (κ2) is 9.20. The van der Waals surface area contributed by atoms with Crippen LogP contribution in [0.15, 0.2) is 53.9 Å². The van der Waals surface area contributed by atoms with Crippen LogP contribution in [0.2, 0.25) is 0 Å². The summed E-state index contributed by atoms with van der Waals surface area (Å²) in [6.07, 6.45) is -0.108. The van der Waals surface area contributed by atoms with Gasteiger partial charge in [-0.15, -0.1) is 11.3 Å². The van der Waals surface area contributed by atoms with E-state index in [1.807, 2.05) is 0 Å². The van der Waals surface area contributed by atoms with Crippen molar-refractivity contribution >= 4 is 34.7 Å². The van der Waals surface area contributed by atoms with Crippen LogP contribution in [0.5, 0.6) is 0 Å². The third-order valence-electron chi connectivity index (χ3n) is 3.89. The molecule has 8 heteroatoms. The number of hydrogen-bond acceptors (Lipinski definition) is 6. The smallest absolute Gasteiger partial charge is 0.312 e. The number of para-hydroxylation sites is 1. The number of ether oxygens (including phenoxy) is 1. The van der Waals surface area contributed by atoms with E-state index in [1.54, 1.807) is 41.8 Å². The first-order valence-corrected chi connectivity index (χ1v) is 9.56. The Balaban J connectivity index is 1.53. The van der Waals surface area contributed by atoms with E-state index < -0.39 is 18.5 Å². The highest BCUT2D eigenvalue weighted by Crippen LogP contribution is 2.24. The van der Waals surface area contributed by atoms with Gasteiger partial charge in [0.15, 0.2) is 12.4 Å². The zero-order valence-electron chi connectivity index (χ0n) is 15.5. The highest BCUT2D eigenvalue weighted by atomic mass is 32.1. The van der Waals surface area contributed by atoms with Crippen molar-refractivity contribution in [1.82, 2.24) is 4.98 Å². The molecule has 6 nitrogen and oxygen atoms in total. The van der Waals surface area contributed by atoms with Gasteiger partial charge < -0.3 is 10.1 Å². The van der Waals surface area contributed by atoms with Gasteiger partial charge in [0.05, 0.1) is 17.8 Å². The van der Waals surface area contributed by atoms with E-state index in [1.165, 1.54) is 30.4 Å². The molecule has 3 aromatic rings. The molecule has 2 aromatic carbocycles. The SMILES string of the molecule is CC(=O)c1ccccc1NC(=O)COC(=O)Cc1csc(-c2cccc(F)c2)n1. The number of rotatable bonds is 7. The normalized spacial score (nSPS) is 10.4. The summed E-state index contributed by atoms with van der Waals surface area (Å²) in [6.45, 7) is 0.920. The molecule has 1 heterocycles. The third-order valence-corrected chi connectivity index (χ3v) is 4.83. The zero-order chi connectivity index (χ0) is 20.8. The van der Waals surface area contributed by atoms with Gasteiger partial charge in [-0.3, -0.25) is 14.4 Å². The first-order valence-electron chi connectivity index (χ1n) is 8.68. The molecule has 1 amide bonds. The third kappa shape index (κ3) is 5.55. The van der Waals surface area contributed by atoms with Gasteiger partial charge in [0, 0.05) is 16.5 Å². The molecule has 0 aliphatic carbocycles. The minimum atomic E-state index is -0.615. The Bertz CT molecular complexity index is 1060. The van der Waals surface area contributed by atoms with E-state index in [4.69, 9.17) is 4.74 Å². The van der Waals surface area contributed by atoms with Gasteiger partial charge in [-0.2, -0.15) is 0 Å². The summed E-state index contributed by atoms with van der Waals surface area (Å²) in [6, 6.07) is 12.6. The lowest BCUT2D eigenvalue weighted by molar-refractivity contribution is -0.146. The van der Waals surface area contributed by atoms with E-state index in [0.29, 0.717) is 27.5 Å². The number of carbonyl (C=O) groups is 3. The van der Waals surface area contributed by atoms with Crippen molar-refractivity contribution in [1.29, 1.82) is 0 Å². The van der Waals surface area contributed by atoms with E-state index >= 15 is 0 Å². The summed E-state index contributed by atoms with van der Waals surface area (Å²) < 4.78 is 18.3. The van der Waals surface area contributed by atoms with Gasteiger partial charge in [-0.25, -0.2) is 9.37 Å². The number of anilines is 1. The number of hydrogen-bond donors (Lipinski definition) is 1. The molecule has 0 fully saturated rings. The maximum Gasteiger partial charge on any atom is 0.312 e. The van der Waals surface area contributed by atoms with Crippen molar-refractivity contribution in [3.8, 4) is 10.6 Å². The van der Waals surface area contributed by atoms with Crippen LogP contribution >= 0.6 is 11.3 Å². The molecule has 0 bridgehead atoms. The van der Waals surface area contributed by atoms with Crippen LogP contribution in [0.25, 0.3) is 10.6 Å². The lowest BCUT2D eigenvalue weighted by atomic mass is 10.1. The molecule has 0 unspecified atom stereocenters. The molecule has 0 spiro atoms. The molecule has 29 heavy (non-hydrogen) atoms. The Labute approximate surface area is 170 Å². The number of carbonyl (C=O) groups excluding carboxylic acids is 3. The molecule has 0 saturated heterocycles. The van der Waals surface area contributed by atoms with Crippen LogP contribution in [0.1, 0.15) is 23.0 Å². The molecule has 0 aliphatic rings. The van der Waals surface area contributed by atoms with Crippen molar-refractivity contribution in [3.63, 3.8) is 0 Å². The molecule has 1 N–H and O–H groups in total. The fourth-order valence-corrected chi connectivity index (χ4v) is 3.39. The van der Waals surface area contributed by atoms with Crippen LogP contribution in [0.3, 0.4) is 0 Å². The summed E-state index contributed by atoms with van der Waals surface area (Å²) in [5, 5.41) is 4.83. The highest BCUT2D eigenvalue weighted by Gasteiger charge is 2.14. The monoisotopic (exact) mass is 412 g/mol. The second-order valence-electron chi connectivity index (χ2n) is 6.14. The summed E-state index contributed by atoms with van der Waals surface area (Å²) in [5.41, 5.74) is 1.83. The molecular formula is C21H17FN2O4S. The minimum Gasteiger partial charge on any atom is -0.455 e. The van der Waals surface area contributed by atoms with Crippen LogP contribution in [-0.2, 0) is 20.7 Å². The van der Waals surface area contributed by atoms with Crippen molar-refractivity contribution in [2.45, 2.75) is 13.3 Å². The Morgan fingerprint density at radius 2 is 1.93 bits per heavy atom. The minimum absolute atomic E-state index is 0.108. The van der Waals surface area contributed by atoms with Gasteiger partial charge in [0.1, 0.15) is 10.8 Å². The maximum absolute atomic E-state index is 13.3. The Morgan fingerprint density at radius 3 is 2.69 bits per heavy atom. The van der Waals surface area contributed by atoms with Crippen LogP contribution in [0.4, 0.5) is 10.1 Å². The number of Topliss-reactive ketones (excluding diaryl/α,β-unsaturated/α-hetero) is 1. The number of esters is 1. The highest BCUT2D eigenvalue weighted by molar-refractivity contribution is 7.13. The molecule has 0 saturated carbocycles. The fraction of sp³-hybridized carbons (Fsp3) is 0.143. The van der Waals surface area contributed by atoms with Crippen molar-refractivity contribution in [2.75, 3.05) is 11.9 Å². The quantitative estimate of drug-likeness (QED) is 0.470. The van der Waals surface area contributed by atoms with Crippen molar-refractivity contribution < 1.29 is 23.5 Å².